The molecule has 2 aromatic carbocycles. The van der Waals surface area contributed by atoms with Crippen LogP contribution in [0, 0.1) is 0 Å². The summed E-state index contributed by atoms with van der Waals surface area (Å²) in [7, 11) is -3.45. The molecule has 0 N–H and O–H groups in total. The van der Waals surface area contributed by atoms with E-state index in [1.807, 2.05) is 65.1 Å². The van der Waals surface area contributed by atoms with E-state index in [4.69, 9.17) is 0 Å². The fraction of sp³-hybridized carbons (Fsp3) is 0.400. The number of benzene rings is 2. The molecule has 32 heavy (non-hydrogen) atoms. The molecule has 0 unspecified atom stereocenters. The molecule has 0 aliphatic carbocycles. The van der Waals surface area contributed by atoms with Crippen LogP contribution in [-0.2, 0) is 27.9 Å². The lowest BCUT2D eigenvalue weighted by Gasteiger charge is -2.25. The molecule has 1 aliphatic heterocycles. The highest BCUT2D eigenvalue weighted by Gasteiger charge is 2.26. The molecule has 0 atom stereocenters. The second kappa shape index (κ2) is 9.88. The molecule has 6 nitrogen and oxygen atoms in total. The zero-order valence-electron chi connectivity index (χ0n) is 18.6. The number of amides is 1. The SMILES string of the molecule is CCN(Cc1ccccc1)C(=O)CCn1ccc2cc(S(=O)(=O)N3CCCCC3)ccc21. The number of hydrogen-bond acceptors (Lipinski definition) is 3. The lowest BCUT2D eigenvalue weighted by atomic mass is 10.2. The number of hydrogen-bond donors (Lipinski definition) is 0. The molecule has 2 heterocycles. The average Bonchev–Trinajstić information content (AvgIpc) is 3.24. The van der Waals surface area contributed by atoms with Gasteiger partial charge in [-0.05, 0) is 49.6 Å². The monoisotopic (exact) mass is 453 g/mol. The van der Waals surface area contributed by atoms with E-state index in [0.717, 1.165) is 35.7 Å². The highest BCUT2D eigenvalue weighted by molar-refractivity contribution is 7.89. The Morgan fingerprint density at radius 1 is 1.00 bits per heavy atom. The lowest BCUT2D eigenvalue weighted by molar-refractivity contribution is -0.131. The van der Waals surface area contributed by atoms with Crippen LogP contribution in [0.15, 0.2) is 65.7 Å². The van der Waals surface area contributed by atoms with Crippen molar-refractivity contribution < 1.29 is 13.2 Å². The Kier molecular flexibility index (Phi) is 6.96. The first-order valence-electron chi connectivity index (χ1n) is 11.4. The second-order valence-electron chi connectivity index (χ2n) is 8.34. The molecule has 0 radical (unpaired) electrons. The molecule has 4 rings (SSSR count). The number of carbonyl (C=O) groups excluding carboxylic acids is 1. The minimum absolute atomic E-state index is 0.113. The van der Waals surface area contributed by atoms with Crippen LogP contribution >= 0.6 is 0 Å². The van der Waals surface area contributed by atoms with Gasteiger partial charge in [0.2, 0.25) is 15.9 Å². The van der Waals surface area contributed by atoms with Crippen LogP contribution in [0.1, 0.15) is 38.2 Å². The summed E-state index contributed by atoms with van der Waals surface area (Å²) in [4.78, 5) is 15.0. The minimum Gasteiger partial charge on any atom is -0.347 e. The third-order valence-electron chi connectivity index (χ3n) is 6.21. The van der Waals surface area contributed by atoms with Gasteiger partial charge in [-0.15, -0.1) is 0 Å². The predicted octanol–water partition coefficient (Wildman–Crippen LogP) is 4.25. The molecule has 170 valence electrons. The van der Waals surface area contributed by atoms with Crippen LogP contribution in [0.4, 0.5) is 0 Å². The van der Waals surface area contributed by atoms with Crippen molar-refractivity contribution in [3.8, 4) is 0 Å². The van der Waals surface area contributed by atoms with E-state index >= 15 is 0 Å². The van der Waals surface area contributed by atoms with Crippen molar-refractivity contribution in [1.29, 1.82) is 0 Å². The van der Waals surface area contributed by atoms with Gasteiger partial charge in [0.25, 0.3) is 0 Å². The van der Waals surface area contributed by atoms with Crippen LogP contribution < -0.4 is 0 Å². The molecule has 1 amide bonds. The van der Waals surface area contributed by atoms with E-state index in [1.165, 1.54) is 0 Å². The van der Waals surface area contributed by atoms with Crippen molar-refractivity contribution in [2.45, 2.75) is 50.6 Å². The number of aryl methyl sites for hydroxylation is 1. The number of piperidine rings is 1. The highest BCUT2D eigenvalue weighted by atomic mass is 32.2. The van der Waals surface area contributed by atoms with Gasteiger partial charge in [0, 0.05) is 56.2 Å². The number of nitrogens with zero attached hydrogens (tertiary/aromatic N) is 3. The Bertz CT molecular complexity index is 1170. The molecule has 7 heteroatoms. The van der Waals surface area contributed by atoms with Gasteiger partial charge in [0.15, 0.2) is 0 Å². The zero-order valence-corrected chi connectivity index (χ0v) is 19.4. The van der Waals surface area contributed by atoms with Crippen LogP contribution in [0.2, 0.25) is 0 Å². The highest BCUT2D eigenvalue weighted by Crippen LogP contribution is 2.25. The standard InChI is InChI=1S/C25H31N3O3S/c1-2-26(20-21-9-5-3-6-10-21)25(29)14-18-27-17-13-22-19-23(11-12-24(22)27)32(30,31)28-15-7-4-8-16-28/h3,5-6,9-13,17,19H,2,4,7-8,14-16,18,20H2,1H3. The first kappa shape index (κ1) is 22.6. The van der Waals surface area contributed by atoms with Crippen LogP contribution in [0.3, 0.4) is 0 Å². The summed E-state index contributed by atoms with van der Waals surface area (Å²) in [6.45, 7) is 5.03. The first-order chi connectivity index (χ1) is 15.5. The van der Waals surface area contributed by atoms with Gasteiger partial charge in [0.1, 0.15) is 0 Å². The van der Waals surface area contributed by atoms with E-state index in [2.05, 4.69) is 0 Å². The number of fused-ring (bicyclic) bond motifs is 1. The predicted molar refractivity (Wildman–Crippen MR) is 127 cm³/mol. The summed E-state index contributed by atoms with van der Waals surface area (Å²) in [6, 6.07) is 17.2. The molecule has 0 spiro atoms. The molecular formula is C25H31N3O3S. The fourth-order valence-electron chi connectivity index (χ4n) is 4.34. The van der Waals surface area contributed by atoms with E-state index in [0.29, 0.717) is 44.0 Å². The van der Waals surface area contributed by atoms with E-state index in [-0.39, 0.29) is 5.91 Å². The van der Waals surface area contributed by atoms with Gasteiger partial charge in [-0.25, -0.2) is 8.42 Å². The zero-order chi connectivity index (χ0) is 22.6. The molecule has 1 saturated heterocycles. The Hall–Kier alpha value is -2.64. The van der Waals surface area contributed by atoms with Crippen LogP contribution in [0.5, 0.6) is 0 Å². The third kappa shape index (κ3) is 4.89. The quantitative estimate of drug-likeness (QED) is 0.512. The lowest BCUT2D eigenvalue weighted by Crippen LogP contribution is -2.35. The van der Waals surface area contributed by atoms with Crippen molar-refractivity contribution >= 4 is 26.8 Å². The van der Waals surface area contributed by atoms with Gasteiger partial charge in [0.05, 0.1) is 4.90 Å². The number of sulfonamides is 1. The van der Waals surface area contributed by atoms with E-state index < -0.39 is 10.0 Å². The fourth-order valence-corrected chi connectivity index (χ4v) is 5.90. The Morgan fingerprint density at radius 3 is 2.47 bits per heavy atom. The summed E-state index contributed by atoms with van der Waals surface area (Å²) in [5.41, 5.74) is 2.07. The van der Waals surface area contributed by atoms with Crippen molar-refractivity contribution in [1.82, 2.24) is 13.8 Å². The molecule has 1 fully saturated rings. The van der Waals surface area contributed by atoms with Crippen LogP contribution in [0.25, 0.3) is 10.9 Å². The molecule has 1 aliphatic rings. The Labute approximate surface area is 190 Å². The van der Waals surface area contributed by atoms with E-state index in [1.54, 1.807) is 16.4 Å². The number of aromatic nitrogens is 1. The van der Waals surface area contributed by atoms with Gasteiger partial charge in [-0.2, -0.15) is 4.31 Å². The minimum atomic E-state index is -3.45. The molecule has 0 bridgehead atoms. The number of rotatable bonds is 8. The first-order valence-corrected chi connectivity index (χ1v) is 12.8. The van der Waals surface area contributed by atoms with Crippen molar-refractivity contribution in [2.75, 3.05) is 19.6 Å². The second-order valence-corrected chi connectivity index (χ2v) is 10.3. The van der Waals surface area contributed by atoms with Crippen LogP contribution in [-0.4, -0.2) is 47.7 Å². The molecule has 0 saturated carbocycles. The van der Waals surface area contributed by atoms with Crippen molar-refractivity contribution in [2.24, 2.45) is 0 Å². The van der Waals surface area contributed by atoms with E-state index in [9.17, 15) is 13.2 Å². The van der Waals surface area contributed by atoms with Gasteiger partial charge < -0.3 is 9.47 Å². The molecule has 3 aromatic rings. The topological polar surface area (TPSA) is 62.6 Å². The Morgan fingerprint density at radius 2 is 1.75 bits per heavy atom. The largest absolute Gasteiger partial charge is 0.347 e. The van der Waals surface area contributed by atoms with Gasteiger partial charge in [-0.3, -0.25) is 4.79 Å². The van der Waals surface area contributed by atoms with Crippen molar-refractivity contribution in [3.05, 3.63) is 66.4 Å². The summed E-state index contributed by atoms with van der Waals surface area (Å²) < 4.78 is 29.6. The smallest absolute Gasteiger partial charge is 0.243 e. The molecular weight excluding hydrogens is 422 g/mol. The summed E-state index contributed by atoms with van der Waals surface area (Å²) >= 11 is 0. The summed E-state index contributed by atoms with van der Waals surface area (Å²) in [6.07, 6.45) is 5.27. The van der Waals surface area contributed by atoms with Crippen molar-refractivity contribution in [3.63, 3.8) is 0 Å². The third-order valence-corrected chi connectivity index (χ3v) is 8.11. The molecule has 1 aromatic heterocycles. The number of carbonyl (C=O) groups is 1. The van der Waals surface area contributed by atoms with Gasteiger partial charge >= 0.3 is 0 Å². The average molecular weight is 454 g/mol. The van der Waals surface area contributed by atoms with Gasteiger partial charge in [-0.1, -0.05) is 36.8 Å². The maximum atomic E-state index is 13.0. The normalized spacial score (nSPS) is 15.2. The summed E-state index contributed by atoms with van der Waals surface area (Å²) in [5.74, 6) is 0.113. The maximum absolute atomic E-state index is 13.0. The maximum Gasteiger partial charge on any atom is 0.243 e. The summed E-state index contributed by atoms with van der Waals surface area (Å²) in [5, 5.41) is 0.882. The Balaban J connectivity index is 1.44.